The molecule has 4 heterocycles. The number of benzene rings is 3. The van der Waals surface area contributed by atoms with Crippen molar-refractivity contribution in [3.05, 3.63) is 119 Å². The summed E-state index contributed by atoms with van der Waals surface area (Å²) in [5.41, 5.74) is 9.08. The van der Waals surface area contributed by atoms with E-state index < -0.39 is 24.3 Å². The summed E-state index contributed by atoms with van der Waals surface area (Å²) in [6, 6.07) is 25.0. The van der Waals surface area contributed by atoms with E-state index in [1.165, 1.54) is 29.4 Å². The molecule has 2 saturated heterocycles. The van der Waals surface area contributed by atoms with Gasteiger partial charge in [-0.2, -0.15) is 0 Å². The minimum absolute atomic E-state index is 0.0428. The molecule has 3 fully saturated rings. The van der Waals surface area contributed by atoms with E-state index in [0.717, 1.165) is 66.9 Å². The highest BCUT2D eigenvalue weighted by Crippen LogP contribution is 2.54. The molecule has 5 aromatic rings. The molecule has 14 heteroatoms. The highest BCUT2D eigenvalue weighted by atomic mass is 16.5. The Hall–Kier alpha value is -6.44. The largest absolute Gasteiger partial charge is 0.465 e. The molecule has 7 atom stereocenters. The average molecular weight is 925 g/mol. The van der Waals surface area contributed by atoms with Gasteiger partial charge in [0.15, 0.2) is 0 Å². The number of rotatable bonds is 13. The summed E-state index contributed by atoms with van der Waals surface area (Å²) in [5.74, 6) is 1.65. The number of nitrogens with one attached hydrogen (secondary N) is 4. The lowest BCUT2D eigenvalue weighted by Gasteiger charge is -2.30. The number of hydrogen-bond donors (Lipinski definition) is 5. The van der Waals surface area contributed by atoms with Crippen molar-refractivity contribution in [3.8, 4) is 22.5 Å². The quantitative estimate of drug-likeness (QED) is 0.0772. The second-order valence-corrected chi connectivity index (χ2v) is 20.7. The first-order valence-electron chi connectivity index (χ1n) is 24.4. The molecule has 8 rings (SSSR count). The third-order valence-corrected chi connectivity index (χ3v) is 14.6. The van der Waals surface area contributed by atoms with Gasteiger partial charge in [0.2, 0.25) is 11.8 Å². The molecule has 14 nitrogen and oxygen atoms in total. The van der Waals surface area contributed by atoms with Crippen LogP contribution in [0.2, 0.25) is 0 Å². The number of carbonyl (C=O) groups excluding carboxylic acids is 3. The maximum Gasteiger partial charge on any atom is 0.407 e. The minimum atomic E-state index is -1.21. The van der Waals surface area contributed by atoms with Crippen molar-refractivity contribution in [2.24, 2.45) is 11.8 Å². The molecule has 5 N–H and O–H groups in total. The SMILES string of the molecule is COC(=O)N[C@H](C(=O)N1CCC[C@H]1c1ncc(-c2ccc(C3CCC(c4ccc(-c5cnc([C@@H]6CCCN6C(=O)[C@@H](NC(=O)O)C(C)C)[nH]5)cc4)C3c3ccc(C(C)(C)C)cc3)cc2)[nH]1)C(C)C. The fourth-order valence-corrected chi connectivity index (χ4v) is 10.9. The Morgan fingerprint density at radius 2 is 1.07 bits per heavy atom. The maximum absolute atomic E-state index is 13.7. The Bertz CT molecular complexity index is 2560. The summed E-state index contributed by atoms with van der Waals surface area (Å²) >= 11 is 0. The number of amides is 4. The highest BCUT2D eigenvalue weighted by molar-refractivity contribution is 5.87. The Morgan fingerprint density at radius 3 is 1.47 bits per heavy atom. The van der Waals surface area contributed by atoms with Crippen molar-refractivity contribution < 1.29 is 29.0 Å². The summed E-state index contributed by atoms with van der Waals surface area (Å²) in [5, 5.41) is 14.6. The molecule has 68 heavy (non-hydrogen) atoms. The fraction of sp³-hybridized carbons (Fsp3) is 0.481. The van der Waals surface area contributed by atoms with Crippen molar-refractivity contribution in [3.63, 3.8) is 0 Å². The number of alkyl carbamates (subject to hydrolysis) is 1. The molecule has 4 amide bonds. The predicted octanol–water partition coefficient (Wildman–Crippen LogP) is 10.2. The lowest BCUT2D eigenvalue weighted by Crippen LogP contribution is -2.51. The number of likely N-dealkylation sites (tertiary alicyclic amines) is 2. The topological polar surface area (TPSA) is 186 Å². The molecule has 3 unspecified atom stereocenters. The molecule has 3 aromatic carbocycles. The highest BCUT2D eigenvalue weighted by Gasteiger charge is 2.41. The number of carboxylic acid groups (broad SMARTS) is 1. The lowest BCUT2D eigenvalue weighted by molar-refractivity contribution is -0.136. The summed E-state index contributed by atoms with van der Waals surface area (Å²) in [6.07, 6.45) is 7.15. The van der Waals surface area contributed by atoms with Crippen LogP contribution in [0, 0.1) is 11.8 Å². The number of aromatic nitrogens is 4. The number of imidazole rings is 2. The van der Waals surface area contributed by atoms with E-state index in [1.54, 1.807) is 4.90 Å². The van der Waals surface area contributed by atoms with Crippen LogP contribution in [-0.4, -0.2) is 91.1 Å². The Balaban J connectivity index is 1.00. The van der Waals surface area contributed by atoms with Crippen LogP contribution in [0.15, 0.2) is 85.2 Å². The van der Waals surface area contributed by atoms with Crippen molar-refractivity contribution >= 4 is 24.0 Å². The normalized spacial score (nSPS) is 21.6. The summed E-state index contributed by atoms with van der Waals surface area (Å²) in [7, 11) is 1.30. The molecule has 1 aliphatic carbocycles. The van der Waals surface area contributed by atoms with Crippen LogP contribution in [-0.2, 0) is 19.7 Å². The minimum Gasteiger partial charge on any atom is -0.465 e. The van der Waals surface area contributed by atoms with Crippen molar-refractivity contribution in [2.75, 3.05) is 20.2 Å². The molecule has 360 valence electrons. The Kier molecular flexibility index (Phi) is 14.1. The molecule has 3 aliphatic rings. The maximum atomic E-state index is 13.7. The Labute approximate surface area is 400 Å². The molecule has 2 aromatic heterocycles. The number of carbonyl (C=O) groups is 4. The zero-order chi connectivity index (χ0) is 48.4. The average Bonchev–Trinajstić information content (AvgIpc) is 4.18. The number of aromatic amines is 2. The van der Waals surface area contributed by atoms with E-state index in [0.29, 0.717) is 30.7 Å². The summed E-state index contributed by atoms with van der Waals surface area (Å²) in [6.45, 7) is 15.4. The van der Waals surface area contributed by atoms with E-state index in [9.17, 15) is 24.3 Å². The molecule has 0 spiro atoms. The lowest BCUT2D eigenvalue weighted by atomic mass is 9.76. The van der Waals surface area contributed by atoms with E-state index >= 15 is 0 Å². The fourth-order valence-electron chi connectivity index (χ4n) is 10.9. The molecule has 1 saturated carbocycles. The van der Waals surface area contributed by atoms with Crippen LogP contribution in [0.3, 0.4) is 0 Å². The van der Waals surface area contributed by atoms with E-state index in [4.69, 9.17) is 14.7 Å². The van der Waals surface area contributed by atoms with Gasteiger partial charge in [-0.05, 0) is 107 Å². The number of nitrogens with zero attached hydrogens (tertiary/aromatic N) is 4. The molecular weight excluding hydrogens is 857 g/mol. The molecule has 0 bridgehead atoms. The van der Waals surface area contributed by atoms with Crippen LogP contribution in [0.1, 0.15) is 151 Å². The van der Waals surface area contributed by atoms with Gasteiger partial charge in [-0.25, -0.2) is 19.6 Å². The first kappa shape index (κ1) is 48.0. The van der Waals surface area contributed by atoms with E-state index in [-0.39, 0.29) is 47.1 Å². The zero-order valence-electron chi connectivity index (χ0n) is 40.7. The summed E-state index contributed by atoms with van der Waals surface area (Å²) < 4.78 is 4.81. The second-order valence-electron chi connectivity index (χ2n) is 20.7. The Morgan fingerprint density at radius 1 is 0.647 bits per heavy atom. The van der Waals surface area contributed by atoms with Gasteiger partial charge in [0, 0.05) is 13.1 Å². The van der Waals surface area contributed by atoms with Crippen molar-refractivity contribution in [1.82, 2.24) is 40.4 Å². The molecule has 2 aliphatic heterocycles. The molecule has 0 radical (unpaired) electrons. The van der Waals surface area contributed by atoms with Gasteiger partial charge in [-0.15, -0.1) is 0 Å². The zero-order valence-corrected chi connectivity index (χ0v) is 40.7. The van der Waals surface area contributed by atoms with E-state index in [2.05, 4.69) is 114 Å². The van der Waals surface area contributed by atoms with Gasteiger partial charge in [-0.3, -0.25) is 9.59 Å². The van der Waals surface area contributed by atoms with E-state index in [1.807, 2.05) is 45.0 Å². The standard InChI is InChI=1S/C54H68N8O6/c1-31(2)46(59-52(65)66)50(63)61-27-9-11-43(61)48-55-29-41(57-48)35-17-13-33(14-18-35)39-25-26-40(45(39)37-21-23-38(24-22-37)54(5,6)7)34-15-19-36(20-16-34)42-30-56-49(58-42)44-12-10-28-62(44)51(64)47(32(3)4)60-53(67)68-8/h13-24,29-32,39-40,43-47,59H,9-12,25-28H2,1-8H3,(H,55,57)(H,56,58)(H,60,67)(H,65,66)/t39?,40?,43-,44-,45?,46-,47-/m0/s1. The smallest absolute Gasteiger partial charge is 0.407 e. The second kappa shape index (κ2) is 20.0. The van der Waals surface area contributed by atoms with Gasteiger partial charge in [0.1, 0.15) is 23.7 Å². The number of methoxy groups -OCH3 is 1. The van der Waals surface area contributed by atoms with Crippen LogP contribution >= 0.6 is 0 Å². The van der Waals surface area contributed by atoms with Crippen LogP contribution < -0.4 is 10.6 Å². The van der Waals surface area contributed by atoms with Crippen LogP contribution in [0.25, 0.3) is 22.5 Å². The van der Waals surface area contributed by atoms with Gasteiger partial charge in [0.05, 0.1) is 43.0 Å². The van der Waals surface area contributed by atoms with Crippen molar-refractivity contribution in [2.45, 2.75) is 134 Å². The van der Waals surface area contributed by atoms with Crippen molar-refractivity contribution in [1.29, 1.82) is 0 Å². The number of H-pyrrole nitrogens is 2. The van der Waals surface area contributed by atoms with Gasteiger partial charge in [0.25, 0.3) is 0 Å². The summed E-state index contributed by atoms with van der Waals surface area (Å²) in [4.78, 5) is 71.1. The van der Waals surface area contributed by atoms with Gasteiger partial charge in [-0.1, -0.05) is 121 Å². The first-order valence-corrected chi connectivity index (χ1v) is 24.4. The third-order valence-electron chi connectivity index (χ3n) is 14.6. The molecular formula is C54H68N8O6. The first-order chi connectivity index (χ1) is 32.5. The van der Waals surface area contributed by atoms with Gasteiger partial charge < -0.3 is 40.2 Å². The van der Waals surface area contributed by atoms with Gasteiger partial charge >= 0.3 is 12.2 Å². The van der Waals surface area contributed by atoms with Crippen LogP contribution in [0.5, 0.6) is 0 Å². The third kappa shape index (κ3) is 10.0. The van der Waals surface area contributed by atoms with Crippen LogP contribution in [0.4, 0.5) is 9.59 Å². The monoisotopic (exact) mass is 925 g/mol. The number of ether oxygens (including phenoxy) is 1. The predicted molar refractivity (Wildman–Crippen MR) is 262 cm³/mol. The number of hydrogen-bond acceptors (Lipinski definition) is 7.